The molecule has 2 aromatic carbocycles. The van der Waals surface area contributed by atoms with Crippen LogP contribution in [-0.2, 0) is 14.8 Å². The first kappa shape index (κ1) is 23.5. The predicted molar refractivity (Wildman–Crippen MR) is 128 cm³/mol. The topological polar surface area (TPSA) is 114 Å². The van der Waals surface area contributed by atoms with E-state index in [-0.39, 0.29) is 16.3 Å². The summed E-state index contributed by atoms with van der Waals surface area (Å²) in [5, 5.41) is 18.3. The van der Waals surface area contributed by atoms with Gasteiger partial charge in [-0.2, -0.15) is 4.31 Å². The van der Waals surface area contributed by atoms with E-state index in [0.717, 1.165) is 63.5 Å². The number of nitro groups is 1. The van der Waals surface area contributed by atoms with E-state index in [1.54, 1.807) is 0 Å². The van der Waals surface area contributed by atoms with Crippen molar-refractivity contribution in [2.45, 2.75) is 49.5 Å². The van der Waals surface area contributed by atoms with Crippen molar-refractivity contribution in [2.75, 3.05) is 36.9 Å². The van der Waals surface area contributed by atoms with Crippen molar-refractivity contribution in [3.05, 3.63) is 52.6 Å². The molecule has 2 heterocycles. The molecule has 10 heteroatoms. The molecule has 2 aliphatic rings. The number of rotatable bonds is 7. The third-order valence-electron chi connectivity index (χ3n) is 6.12. The summed E-state index contributed by atoms with van der Waals surface area (Å²) in [6, 6.07) is 12.0. The Morgan fingerprint density at radius 2 is 1.58 bits per heavy atom. The van der Waals surface area contributed by atoms with E-state index in [9.17, 15) is 18.5 Å². The van der Waals surface area contributed by atoms with Gasteiger partial charge in [-0.1, -0.05) is 12.8 Å². The fraction of sp³-hybridized carbons (Fsp3) is 0.478. The normalized spacial score (nSPS) is 18.4. The zero-order valence-electron chi connectivity index (χ0n) is 18.5. The van der Waals surface area contributed by atoms with Gasteiger partial charge in [-0.15, -0.1) is 0 Å². The van der Waals surface area contributed by atoms with E-state index in [2.05, 4.69) is 10.6 Å². The molecule has 0 spiro atoms. The van der Waals surface area contributed by atoms with Crippen LogP contribution in [0.4, 0.5) is 22.7 Å². The summed E-state index contributed by atoms with van der Waals surface area (Å²) < 4.78 is 32.9. The highest BCUT2D eigenvalue weighted by atomic mass is 32.2. The molecule has 2 saturated heterocycles. The molecule has 0 atom stereocenters. The number of hydrogen-bond donors (Lipinski definition) is 2. The molecule has 2 aromatic rings. The van der Waals surface area contributed by atoms with Crippen LogP contribution in [0.2, 0.25) is 0 Å². The van der Waals surface area contributed by atoms with Gasteiger partial charge in [0.25, 0.3) is 5.69 Å². The second-order valence-corrected chi connectivity index (χ2v) is 10.4. The van der Waals surface area contributed by atoms with E-state index in [0.29, 0.717) is 24.8 Å². The zero-order chi connectivity index (χ0) is 23.3. The van der Waals surface area contributed by atoms with Gasteiger partial charge in [-0.25, -0.2) is 8.42 Å². The molecule has 2 aliphatic heterocycles. The summed E-state index contributed by atoms with van der Waals surface area (Å²) in [6.45, 7) is 2.41. The van der Waals surface area contributed by atoms with Crippen LogP contribution in [0.3, 0.4) is 0 Å². The van der Waals surface area contributed by atoms with Gasteiger partial charge in [0.2, 0.25) is 10.0 Å². The highest BCUT2D eigenvalue weighted by Gasteiger charge is 2.28. The maximum Gasteiger partial charge on any atom is 0.294 e. The minimum absolute atomic E-state index is 0.0438. The number of nitro benzene ring substituents is 1. The molecule has 0 radical (unpaired) electrons. The van der Waals surface area contributed by atoms with Crippen LogP contribution in [0, 0.1) is 10.1 Å². The van der Waals surface area contributed by atoms with Crippen LogP contribution in [0.15, 0.2) is 47.4 Å². The van der Waals surface area contributed by atoms with Crippen LogP contribution < -0.4 is 10.6 Å². The molecular formula is C23H30N4O5S. The molecule has 0 aliphatic carbocycles. The van der Waals surface area contributed by atoms with Crippen molar-refractivity contribution in [3.8, 4) is 0 Å². The Morgan fingerprint density at radius 3 is 2.21 bits per heavy atom. The molecule has 9 nitrogen and oxygen atoms in total. The molecule has 0 amide bonds. The Kier molecular flexibility index (Phi) is 7.46. The van der Waals surface area contributed by atoms with Crippen molar-refractivity contribution in [1.82, 2.24) is 4.31 Å². The first-order chi connectivity index (χ1) is 15.9. The van der Waals surface area contributed by atoms with E-state index in [4.69, 9.17) is 4.74 Å². The van der Waals surface area contributed by atoms with Gasteiger partial charge < -0.3 is 15.4 Å². The Labute approximate surface area is 194 Å². The van der Waals surface area contributed by atoms with Crippen LogP contribution in [0.5, 0.6) is 0 Å². The van der Waals surface area contributed by atoms with Crippen molar-refractivity contribution in [2.24, 2.45) is 0 Å². The minimum atomic E-state index is -3.77. The van der Waals surface area contributed by atoms with E-state index >= 15 is 0 Å². The second-order valence-electron chi connectivity index (χ2n) is 8.49. The van der Waals surface area contributed by atoms with E-state index in [1.165, 1.54) is 16.4 Å². The lowest BCUT2D eigenvalue weighted by atomic mass is 10.1. The maximum absolute atomic E-state index is 13.1. The third-order valence-corrected chi connectivity index (χ3v) is 8.02. The van der Waals surface area contributed by atoms with Gasteiger partial charge in [0.15, 0.2) is 0 Å². The van der Waals surface area contributed by atoms with E-state index < -0.39 is 14.9 Å². The van der Waals surface area contributed by atoms with Gasteiger partial charge in [0, 0.05) is 49.8 Å². The summed E-state index contributed by atoms with van der Waals surface area (Å²) in [7, 11) is -3.77. The number of ether oxygens (including phenoxy) is 1. The second kappa shape index (κ2) is 10.5. The molecule has 33 heavy (non-hydrogen) atoms. The first-order valence-corrected chi connectivity index (χ1v) is 12.9. The Bertz CT molecular complexity index is 1060. The number of benzene rings is 2. The molecule has 0 unspecified atom stereocenters. The standard InChI is InChI=1S/C23H30N4O5S/c28-27(29)23-17-21(33(30,31)26-13-3-1-2-4-14-26)9-10-22(23)25-19-7-5-18(6-8-19)24-20-11-15-32-16-12-20/h5-10,17,20,24-25H,1-4,11-16H2. The van der Waals surface area contributed by atoms with Gasteiger partial charge in [-0.05, 0) is 62.1 Å². The van der Waals surface area contributed by atoms with Gasteiger partial charge in [-0.3, -0.25) is 10.1 Å². The molecule has 2 N–H and O–H groups in total. The van der Waals surface area contributed by atoms with Crippen LogP contribution in [0.25, 0.3) is 0 Å². The van der Waals surface area contributed by atoms with Crippen LogP contribution in [0.1, 0.15) is 38.5 Å². The van der Waals surface area contributed by atoms with Crippen molar-refractivity contribution in [3.63, 3.8) is 0 Å². The number of anilines is 3. The summed E-state index contributed by atoms with van der Waals surface area (Å²) in [5.41, 5.74) is 1.63. The quantitative estimate of drug-likeness (QED) is 0.449. The van der Waals surface area contributed by atoms with Crippen LogP contribution in [-0.4, -0.2) is 50.0 Å². The van der Waals surface area contributed by atoms with Crippen molar-refractivity contribution >= 4 is 32.8 Å². The Morgan fingerprint density at radius 1 is 0.939 bits per heavy atom. The predicted octanol–water partition coefficient (Wildman–Crippen LogP) is 4.49. The third kappa shape index (κ3) is 5.82. The van der Waals surface area contributed by atoms with Crippen LogP contribution >= 0.6 is 0 Å². The summed E-state index contributed by atoms with van der Waals surface area (Å²) in [5.74, 6) is 0. The first-order valence-electron chi connectivity index (χ1n) is 11.4. The summed E-state index contributed by atoms with van der Waals surface area (Å²) in [6.07, 6.45) is 5.52. The smallest absolute Gasteiger partial charge is 0.294 e. The Balaban J connectivity index is 1.50. The van der Waals surface area contributed by atoms with E-state index in [1.807, 2.05) is 24.3 Å². The van der Waals surface area contributed by atoms with Gasteiger partial charge in [0.05, 0.1) is 9.82 Å². The highest BCUT2D eigenvalue weighted by Crippen LogP contribution is 2.32. The summed E-state index contributed by atoms with van der Waals surface area (Å²) >= 11 is 0. The lowest BCUT2D eigenvalue weighted by molar-refractivity contribution is -0.384. The number of sulfonamides is 1. The van der Waals surface area contributed by atoms with Gasteiger partial charge >= 0.3 is 0 Å². The number of hydrogen-bond acceptors (Lipinski definition) is 7. The molecule has 0 saturated carbocycles. The molecule has 2 fully saturated rings. The minimum Gasteiger partial charge on any atom is -0.382 e. The lowest BCUT2D eigenvalue weighted by Gasteiger charge is -2.24. The fourth-order valence-corrected chi connectivity index (χ4v) is 5.78. The fourth-order valence-electron chi connectivity index (χ4n) is 4.24. The zero-order valence-corrected chi connectivity index (χ0v) is 19.4. The molecule has 178 valence electrons. The average molecular weight is 475 g/mol. The average Bonchev–Trinajstić information content (AvgIpc) is 3.11. The number of nitrogens with zero attached hydrogens (tertiary/aromatic N) is 2. The molecule has 0 aromatic heterocycles. The van der Waals surface area contributed by atoms with Crippen molar-refractivity contribution in [1.29, 1.82) is 0 Å². The van der Waals surface area contributed by atoms with Gasteiger partial charge in [0.1, 0.15) is 5.69 Å². The SMILES string of the molecule is O=[N+]([O-])c1cc(S(=O)(=O)N2CCCCCC2)ccc1Nc1ccc(NC2CCOCC2)cc1. The molecule has 0 bridgehead atoms. The Hall–Kier alpha value is -2.69. The van der Waals surface area contributed by atoms with Crippen molar-refractivity contribution < 1.29 is 18.1 Å². The molecular weight excluding hydrogens is 444 g/mol. The maximum atomic E-state index is 13.1. The highest BCUT2D eigenvalue weighted by molar-refractivity contribution is 7.89. The lowest BCUT2D eigenvalue weighted by Crippen LogP contribution is -2.32. The monoisotopic (exact) mass is 474 g/mol. The largest absolute Gasteiger partial charge is 0.382 e. The number of nitrogens with one attached hydrogen (secondary N) is 2. The molecule has 4 rings (SSSR count). The summed E-state index contributed by atoms with van der Waals surface area (Å²) in [4.78, 5) is 11.1.